The van der Waals surface area contributed by atoms with Crippen molar-refractivity contribution in [2.24, 2.45) is 0 Å². The van der Waals surface area contributed by atoms with E-state index in [4.69, 9.17) is 0 Å². The number of piperazine rings is 1. The molecule has 1 aliphatic rings. The number of benzene rings is 1. The van der Waals surface area contributed by atoms with Gasteiger partial charge in [-0.15, -0.1) is 11.3 Å². The van der Waals surface area contributed by atoms with Gasteiger partial charge in [0.25, 0.3) is 0 Å². The van der Waals surface area contributed by atoms with Gasteiger partial charge in [0.05, 0.1) is 21.6 Å². The zero-order chi connectivity index (χ0) is 18.0. The summed E-state index contributed by atoms with van der Waals surface area (Å²) >= 11 is 3.19. The van der Waals surface area contributed by atoms with E-state index in [1.54, 1.807) is 30.0 Å². The lowest BCUT2D eigenvalue weighted by Gasteiger charge is -2.41. The lowest BCUT2D eigenvalue weighted by molar-refractivity contribution is -0.134. The van der Waals surface area contributed by atoms with Gasteiger partial charge in [0.1, 0.15) is 0 Å². The topological polar surface area (TPSA) is 56.7 Å². The van der Waals surface area contributed by atoms with Crippen LogP contribution in [-0.2, 0) is 4.79 Å². The van der Waals surface area contributed by atoms with E-state index in [0.717, 1.165) is 34.2 Å². The largest absolute Gasteiger partial charge is 0.392 e. The minimum absolute atomic E-state index is 0.147. The lowest BCUT2D eigenvalue weighted by atomic mass is 10.1. The summed E-state index contributed by atoms with van der Waals surface area (Å²) in [5.41, 5.74) is 0.995. The first-order chi connectivity index (χ1) is 11.9. The molecule has 25 heavy (non-hydrogen) atoms. The molecule has 1 aliphatic heterocycles. The average Bonchev–Trinajstić information content (AvgIpc) is 2.96. The van der Waals surface area contributed by atoms with E-state index in [0.29, 0.717) is 6.54 Å². The standard InChI is InChI=1S/C18H25N3O2S2/c1-12-10-20(11-13(2)22)8-9-21(12)17(23)14(3)24-18-19-15-6-4-5-7-16(15)25-18/h4-7,12-14,22H,8-11H2,1-3H3/t12-,13-,14-/m0/s1. The number of amides is 1. The van der Waals surface area contributed by atoms with Gasteiger partial charge < -0.3 is 10.0 Å². The molecule has 0 bridgehead atoms. The van der Waals surface area contributed by atoms with E-state index in [-0.39, 0.29) is 23.3 Å². The molecule has 7 heteroatoms. The molecule has 136 valence electrons. The molecule has 0 unspecified atom stereocenters. The number of carbonyl (C=O) groups excluding carboxylic acids is 1. The monoisotopic (exact) mass is 379 g/mol. The summed E-state index contributed by atoms with van der Waals surface area (Å²) in [4.78, 5) is 21.7. The molecular weight excluding hydrogens is 354 g/mol. The second-order valence-electron chi connectivity index (χ2n) is 6.70. The average molecular weight is 380 g/mol. The smallest absolute Gasteiger partial charge is 0.236 e. The van der Waals surface area contributed by atoms with E-state index in [9.17, 15) is 9.90 Å². The minimum atomic E-state index is -0.331. The van der Waals surface area contributed by atoms with Gasteiger partial charge in [0.15, 0.2) is 4.34 Å². The van der Waals surface area contributed by atoms with Gasteiger partial charge in [-0.3, -0.25) is 9.69 Å². The van der Waals surface area contributed by atoms with Gasteiger partial charge in [-0.05, 0) is 32.9 Å². The fourth-order valence-corrected chi connectivity index (χ4v) is 5.52. The summed E-state index contributed by atoms with van der Waals surface area (Å²) in [5.74, 6) is 0.174. The van der Waals surface area contributed by atoms with Crippen LogP contribution in [0.3, 0.4) is 0 Å². The zero-order valence-electron chi connectivity index (χ0n) is 14.9. The number of thiazole rings is 1. The Labute approximate surface area is 157 Å². The van der Waals surface area contributed by atoms with Crippen LogP contribution in [0.25, 0.3) is 10.2 Å². The first-order valence-electron chi connectivity index (χ1n) is 8.67. The second-order valence-corrected chi connectivity index (χ2v) is 9.32. The molecule has 0 radical (unpaired) electrons. The van der Waals surface area contributed by atoms with Gasteiger partial charge in [-0.1, -0.05) is 23.9 Å². The van der Waals surface area contributed by atoms with Crippen molar-refractivity contribution in [3.05, 3.63) is 24.3 Å². The third-order valence-corrected chi connectivity index (χ3v) is 6.63. The molecular formula is C18H25N3O2S2. The van der Waals surface area contributed by atoms with Crippen LogP contribution >= 0.6 is 23.1 Å². The highest BCUT2D eigenvalue weighted by Crippen LogP contribution is 2.32. The van der Waals surface area contributed by atoms with Crippen molar-refractivity contribution >= 4 is 39.2 Å². The summed E-state index contributed by atoms with van der Waals surface area (Å²) < 4.78 is 2.10. The molecule has 0 saturated carbocycles. The first-order valence-corrected chi connectivity index (χ1v) is 10.4. The SMILES string of the molecule is C[C@H](O)CN1CCN(C(=O)[C@H](C)Sc2nc3ccccc3s2)[C@@H](C)C1. The Morgan fingerprint density at radius 1 is 1.40 bits per heavy atom. The molecule has 3 rings (SSSR count). The van der Waals surface area contributed by atoms with Crippen LogP contribution in [0.5, 0.6) is 0 Å². The molecule has 2 aromatic rings. The van der Waals surface area contributed by atoms with Crippen molar-refractivity contribution in [3.63, 3.8) is 0 Å². The van der Waals surface area contributed by atoms with Crippen LogP contribution in [0.15, 0.2) is 28.6 Å². The van der Waals surface area contributed by atoms with Gasteiger partial charge in [0, 0.05) is 32.2 Å². The predicted octanol–water partition coefficient (Wildman–Crippen LogP) is 2.69. The molecule has 1 saturated heterocycles. The molecule has 1 aromatic carbocycles. The molecule has 3 atom stereocenters. The quantitative estimate of drug-likeness (QED) is 0.810. The first kappa shape index (κ1) is 18.6. The molecule has 1 amide bonds. The van der Waals surface area contributed by atoms with Crippen molar-refractivity contribution in [1.82, 2.24) is 14.8 Å². The number of hydrogen-bond acceptors (Lipinski definition) is 6. The Balaban J connectivity index is 1.60. The molecule has 2 heterocycles. The third-order valence-electron chi connectivity index (χ3n) is 4.42. The van der Waals surface area contributed by atoms with Gasteiger partial charge >= 0.3 is 0 Å². The van der Waals surface area contributed by atoms with E-state index in [1.807, 2.05) is 30.0 Å². The number of carbonyl (C=O) groups is 1. The van der Waals surface area contributed by atoms with E-state index >= 15 is 0 Å². The van der Waals surface area contributed by atoms with E-state index < -0.39 is 0 Å². The van der Waals surface area contributed by atoms with Crippen molar-refractivity contribution in [3.8, 4) is 0 Å². The molecule has 5 nitrogen and oxygen atoms in total. The fourth-order valence-electron chi connectivity index (χ4n) is 3.24. The summed E-state index contributed by atoms with van der Waals surface area (Å²) in [6.07, 6.45) is -0.331. The van der Waals surface area contributed by atoms with Crippen molar-refractivity contribution < 1.29 is 9.90 Å². The maximum Gasteiger partial charge on any atom is 0.236 e. The predicted molar refractivity (Wildman–Crippen MR) is 104 cm³/mol. The molecule has 1 fully saturated rings. The van der Waals surface area contributed by atoms with Crippen LogP contribution in [0.4, 0.5) is 0 Å². The highest BCUT2D eigenvalue weighted by molar-refractivity contribution is 8.02. The van der Waals surface area contributed by atoms with Crippen LogP contribution in [0.1, 0.15) is 20.8 Å². The maximum absolute atomic E-state index is 12.9. The zero-order valence-corrected chi connectivity index (χ0v) is 16.5. The van der Waals surface area contributed by atoms with Crippen LogP contribution in [-0.4, -0.2) is 69.4 Å². The summed E-state index contributed by atoms with van der Waals surface area (Å²) in [6, 6.07) is 8.23. The molecule has 1 N–H and O–H groups in total. The number of para-hydroxylation sites is 1. The maximum atomic E-state index is 12.9. The number of rotatable bonds is 5. The van der Waals surface area contributed by atoms with Crippen LogP contribution in [0, 0.1) is 0 Å². The summed E-state index contributed by atoms with van der Waals surface area (Å²) in [5, 5.41) is 9.40. The number of aliphatic hydroxyl groups excluding tert-OH is 1. The Bertz CT molecular complexity index is 701. The van der Waals surface area contributed by atoms with Crippen molar-refractivity contribution in [2.75, 3.05) is 26.2 Å². The normalized spacial score (nSPS) is 21.4. The molecule has 1 aromatic heterocycles. The minimum Gasteiger partial charge on any atom is -0.392 e. The van der Waals surface area contributed by atoms with E-state index in [2.05, 4.69) is 22.9 Å². The highest BCUT2D eigenvalue weighted by atomic mass is 32.2. The van der Waals surface area contributed by atoms with Gasteiger partial charge in [-0.2, -0.15) is 0 Å². The van der Waals surface area contributed by atoms with Crippen LogP contribution in [0.2, 0.25) is 0 Å². The van der Waals surface area contributed by atoms with Crippen molar-refractivity contribution in [2.45, 2.75) is 42.5 Å². The number of β-amino-alcohol motifs (C(OH)–C–C–N with tert-alkyl or cyclic N) is 1. The number of hydrogen-bond donors (Lipinski definition) is 1. The number of fused-ring (bicyclic) bond motifs is 1. The van der Waals surface area contributed by atoms with Crippen LogP contribution < -0.4 is 0 Å². The Hall–Kier alpha value is -1.15. The lowest BCUT2D eigenvalue weighted by Crippen LogP contribution is -2.56. The fraction of sp³-hybridized carbons (Fsp3) is 0.556. The van der Waals surface area contributed by atoms with Gasteiger partial charge in [0.2, 0.25) is 5.91 Å². The number of aliphatic hydroxyl groups is 1. The summed E-state index contributed by atoms with van der Waals surface area (Å²) in [6.45, 7) is 8.88. The molecule has 0 spiro atoms. The van der Waals surface area contributed by atoms with Crippen molar-refractivity contribution in [1.29, 1.82) is 0 Å². The Kier molecular flexibility index (Phi) is 5.99. The Morgan fingerprint density at radius 2 is 2.16 bits per heavy atom. The molecule has 0 aliphatic carbocycles. The van der Waals surface area contributed by atoms with E-state index in [1.165, 1.54) is 0 Å². The Morgan fingerprint density at radius 3 is 2.84 bits per heavy atom. The second kappa shape index (κ2) is 8.03. The number of nitrogens with zero attached hydrogens (tertiary/aromatic N) is 3. The summed E-state index contributed by atoms with van der Waals surface area (Å²) in [7, 11) is 0. The highest BCUT2D eigenvalue weighted by Gasteiger charge is 2.31. The third kappa shape index (κ3) is 4.53. The number of aromatic nitrogens is 1. The van der Waals surface area contributed by atoms with Gasteiger partial charge in [-0.25, -0.2) is 4.98 Å². The number of thioether (sulfide) groups is 1.